The number of hydrogen-bond acceptors (Lipinski definition) is 6. The molecule has 0 aliphatic heterocycles. The van der Waals surface area contributed by atoms with Gasteiger partial charge in [0, 0.05) is 15.8 Å². The molecule has 2 aromatic heterocycles. The second-order valence-corrected chi connectivity index (χ2v) is 7.51. The van der Waals surface area contributed by atoms with Gasteiger partial charge in [-0.3, -0.25) is 4.79 Å². The molecule has 0 saturated heterocycles. The molecule has 0 aliphatic carbocycles. The van der Waals surface area contributed by atoms with Crippen LogP contribution in [-0.2, 0) is 11.2 Å². The number of carbonyl (C=O) groups is 1. The van der Waals surface area contributed by atoms with Gasteiger partial charge in [0.1, 0.15) is 16.5 Å². The number of ether oxygens (including phenoxy) is 1. The van der Waals surface area contributed by atoms with Crippen LogP contribution in [0.2, 0.25) is 0 Å². The van der Waals surface area contributed by atoms with Gasteiger partial charge in [-0.15, -0.1) is 11.3 Å². The van der Waals surface area contributed by atoms with Crippen LogP contribution < -0.4 is 4.74 Å². The van der Waals surface area contributed by atoms with Crippen molar-refractivity contribution in [3.63, 3.8) is 0 Å². The Kier molecular flexibility index (Phi) is 4.40. The highest BCUT2D eigenvalue weighted by Gasteiger charge is 2.19. The van der Waals surface area contributed by atoms with Gasteiger partial charge in [0.15, 0.2) is 0 Å². The van der Waals surface area contributed by atoms with Crippen molar-refractivity contribution in [2.45, 2.75) is 6.42 Å². The van der Waals surface area contributed by atoms with Crippen LogP contribution in [0.25, 0.3) is 32.0 Å². The molecule has 0 aliphatic rings. The maximum atomic E-state index is 11.3. The van der Waals surface area contributed by atoms with E-state index in [0.717, 1.165) is 37.0 Å². The Morgan fingerprint density at radius 2 is 1.88 bits per heavy atom. The highest BCUT2D eigenvalue weighted by atomic mass is 32.1. The zero-order valence-corrected chi connectivity index (χ0v) is 15.4. The second-order valence-electron chi connectivity index (χ2n) is 5.62. The zero-order chi connectivity index (χ0) is 18.1. The lowest BCUT2D eigenvalue weighted by Gasteiger charge is -2.02. The molecule has 0 bridgehead atoms. The van der Waals surface area contributed by atoms with Crippen molar-refractivity contribution in [1.29, 1.82) is 0 Å². The molecular formula is C19H14N2O3S2. The highest BCUT2D eigenvalue weighted by Crippen LogP contribution is 2.38. The number of rotatable bonds is 5. The van der Waals surface area contributed by atoms with Crippen molar-refractivity contribution in [3.8, 4) is 27.7 Å². The highest BCUT2D eigenvalue weighted by molar-refractivity contribution is 7.17. The standard InChI is InChI=1S/C19H14N2O3S2/c1-24-12-8-6-11(7-9-12)17-15(10-16(22)23)25-19(20-17)18-13-4-2-3-5-14(13)26-21-18/h2-9H,10H2,1H3,(H,22,23). The summed E-state index contributed by atoms with van der Waals surface area (Å²) in [6.07, 6.45) is -0.0684. The van der Waals surface area contributed by atoms with Gasteiger partial charge >= 0.3 is 5.97 Å². The molecule has 0 amide bonds. The summed E-state index contributed by atoms with van der Waals surface area (Å²) < 4.78 is 10.8. The molecule has 0 saturated carbocycles. The predicted molar refractivity (Wildman–Crippen MR) is 104 cm³/mol. The summed E-state index contributed by atoms with van der Waals surface area (Å²) in [5, 5.41) is 11.1. The Labute approximate surface area is 157 Å². The Balaban J connectivity index is 1.84. The monoisotopic (exact) mass is 382 g/mol. The van der Waals surface area contributed by atoms with Gasteiger partial charge in [-0.2, -0.15) is 4.37 Å². The van der Waals surface area contributed by atoms with E-state index < -0.39 is 5.97 Å². The number of carboxylic acid groups (broad SMARTS) is 1. The normalized spacial score (nSPS) is 11.0. The SMILES string of the molecule is COc1ccc(-c2nc(-c3nsc4ccccc34)sc2CC(=O)O)cc1. The van der Waals surface area contributed by atoms with E-state index >= 15 is 0 Å². The van der Waals surface area contributed by atoms with Gasteiger partial charge in [-0.25, -0.2) is 4.98 Å². The first kappa shape index (κ1) is 16.7. The van der Waals surface area contributed by atoms with Crippen LogP contribution >= 0.6 is 22.9 Å². The first-order valence-electron chi connectivity index (χ1n) is 7.86. The summed E-state index contributed by atoms with van der Waals surface area (Å²) in [6, 6.07) is 15.5. The smallest absolute Gasteiger partial charge is 0.308 e. The van der Waals surface area contributed by atoms with Crippen LogP contribution in [0.1, 0.15) is 4.88 Å². The average molecular weight is 382 g/mol. The maximum Gasteiger partial charge on any atom is 0.308 e. The summed E-state index contributed by atoms with van der Waals surface area (Å²) >= 11 is 2.81. The van der Waals surface area contributed by atoms with Gasteiger partial charge in [0.05, 0.1) is 23.9 Å². The quantitative estimate of drug-likeness (QED) is 0.541. The van der Waals surface area contributed by atoms with Crippen molar-refractivity contribution in [2.75, 3.05) is 7.11 Å². The van der Waals surface area contributed by atoms with E-state index in [1.165, 1.54) is 22.9 Å². The molecule has 130 valence electrons. The van der Waals surface area contributed by atoms with E-state index in [4.69, 9.17) is 9.72 Å². The van der Waals surface area contributed by atoms with Crippen molar-refractivity contribution in [2.24, 2.45) is 0 Å². The lowest BCUT2D eigenvalue weighted by Crippen LogP contribution is -1.99. The number of carboxylic acids is 1. The van der Waals surface area contributed by atoms with Crippen molar-refractivity contribution in [3.05, 3.63) is 53.4 Å². The molecular weight excluding hydrogens is 368 g/mol. The number of hydrogen-bond donors (Lipinski definition) is 1. The third-order valence-electron chi connectivity index (χ3n) is 3.95. The van der Waals surface area contributed by atoms with E-state index in [1.54, 1.807) is 7.11 Å². The summed E-state index contributed by atoms with van der Waals surface area (Å²) in [7, 11) is 1.61. The minimum atomic E-state index is -0.877. The van der Waals surface area contributed by atoms with Gasteiger partial charge in [0.25, 0.3) is 0 Å². The first-order valence-corrected chi connectivity index (χ1v) is 9.45. The first-order chi connectivity index (χ1) is 12.7. The van der Waals surface area contributed by atoms with Crippen LogP contribution in [0.15, 0.2) is 48.5 Å². The maximum absolute atomic E-state index is 11.3. The number of aromatic nitrogens is 2. The summed E-state index contributed by atoms with van der Waals surface area (Å²) in [4.78, 5) is 16.8. The summed E-state index contributed by atoms with van der Waals surface area (Å²) in [5.74, 6) is -0.132. The van der Waals surface area contributed by atoms with Gasteiger partial charge in [-0.05, 0) is 41.9 Å². The van der Waals surface area contributed by atoms with Gasteiger partial charge in [-0.1, -0.05) is 18.2 Å². The lowest BCUT2D eigenvalue weighted by molar-refractivity contribution is -0.136. The third kappa shape index (κ3) is 3.07. The molecule has 2 heterocycles. The molecule has 0 atom stereocenters. The fourth-order valence-electron chi connectivity index (χ4n) is 2.72. The molecule has 4 aromatic rings. The molecule has 0 fully saturated rings. The number of fused-ring (bicyclic) bond motifs is 1. The fraction of sp³-hybridized carbons (Fsp3) is 0.105. The molecule has 4 rings (SSSR count). The minimum absolute atomic E-state index is 0.0684. The molecule has 0 radical (unpaired) electrons. The van der Waals surface area contributed by atoms with E-state index in [9.17, 15) is 9.90 Å². The predicted octanol–water partition coefficient (Wildman–Crippen LogP) is 4.72. The van der Waals surface area contributed by atoms with Crippen molar-refractivity contribution < 1.29 is 14.6 Å². The Morgan fingerprint density at radius 1 is 1.12 bits per heavy atom. The summed E-state index contributed by atoms with van der Waals surface area (Å²) in [6.45, 7) is 0. The number of benzene rings is 2. The minimum Gasteiger partial charge on any atom is -0.497 e. The molecule has 1 N–H and O–H groups in total. The van der Waals surface area contributed by atoms with E-state index in [2.05, 4.69) is 4.37 Å². The van der Waals surface area contributed by atoms with Gasteiger partial charge in [0.2, 0.25) is 0 Å². The van der Waals surface area contributed by atoms with E-state index in [-0.39, 0.29) is 6.42 Å². The average Bonchev–Trinajstić information content (AvgIpc) is 3.25. The molecule has 2 aromatic carbocycles. The number of thiazole rings is 1. The third-order valence-corrected chi connectivity index (χ3v) is 5.84. The topological polar surface area (TPSA) is 72.3 Å². The van der Waals surface area contributed by atoms with Crippen molar-refractivity contribution in [1.82, 2.24) is 9.36 Å². The Morgan fingerprint density at radius 3 is 2.62 bits per heavy atom. The summed E-state index contributed by atoms with van der Waals surface area (Å²) in [5.41, 5.74) is 2.36. The van der Waals surface area contributed by atoms with Crippen LogP contribution in [0.3, 0.4) is 0 Å². The number of nitrogens with zero attached hydrogens (tertiary/aromatic N) is 2. The second kappa shape index (κ2) is 6.86. The molecule has 5 nitrogen and oxygen atoms in total. The Bertz CT molecular complexity index is 1080. The van der Waals surface area contributed by atoms with Crippen molar-refractivity contribution >= 4 is 38.9 Å². The van der Waals surface area contributed by atoms with Crippen LogP contribution in [0, 0.1) is 0 Å². The number of methoxy groups -OCH3 is 1. The van der Waals surface area contributed by atoms with E-state index in [1.807, 2.05) is 48.5 Å². The van der Waals surface area contributed by atoms with Gasteiger partial charge < -0.3 is 9.84 Å². The van der Waals surface area contributed by atoms with Crippen LogP contribution in [-0.4, -0.2) is 27.5 Å². The zero-order valence-electron chi connectivity index (χ0n) is 13.8. The molecule has 0 spiro atoms. The fourth-order valence-corrected chi connectivity index (χ4v) is 4.64. The molecule has 7 heteroatoms. The largest absolute Gasteiger partial charge is 0.497 e. The molecule has 0 unspecified atom stereocenters. The number of aliphatic carboxylic acids is 1. The van der Waals surface area contributed by atoms with Crippen LogP contribution in [0.4, 0.5) is 0 Å². The Hall–Kier alpha value is -2.77. The lowest BCUT2D eigenvalue weighted by atomic mass is 10.1. The molecule has 26 heavy (non-hydrogen) atoms. The van der Waals surface area contributed by atoms with E-state index in [0.29, 0.717) is 5.69 Å². The van der Waals surface area contributed by atoms with Crippen LogP contribution in [0.5, 0.6) is 5.75 Å².